The van der Waals surface area contributed by atoms with Crippen LogP contribution >= 0.6 is 11.8 Å². The minimum atomic E-state index is -4.29. The molecule has 3 heterocycles. The van der Waals surface area contributed by atoms with Crippen molar-refractivity contribution >= 4 is 34.7 Å². The quantitative estimate of drug-likeness (QED) is 0.505. The van der Waals surface area contributed by atoms with Gasteiger partial charge in [-0.1, -0.05) is 17.8 Å². The van der Waals surface area contributed by atoms with E-state index in [2.05, 4.69) is 9.98 Å². The number of nitrogens with two attached hydrogens (primary N) is 1. The summed E-state index contributed by atoms with van der Waals surface area (Å²) < 4.78 is 68.4. The summed E-state index contributed by atoms with van der Waals surface area (Å²) in [6, 6.07) is 8.73. The van der Waals surface area contributed by atoms with Crippen LogP contribution < -0.4 is 5.73 Å². The Morgan fingerprint density at radius 3 is 2.59 bits per heavy atom. The zero-order valence-corrected chi connectivity index (χ0v) is 21.6. The van der Waals surface area contributed by atoms with Crippen molar-refractivity contribution in [3.8, 4) is 6.07 Å². The zero-order valence-electron chi connectivity index (χ0n) is 20.8. The summed E-state index contributed by atoms with van der Waals surface area (Å²) >= 11 is 1.08. The highest BCUT2D eigenvalue weighted by Crippen LogP contribution is 2.66. The monoisotopic (exact) mass is 561 g/mol. The summed E-state index contributed by atoms with van der Waals surface area (Å²) in [6.45, 7) is 1.64. The van der Waals surface area contributed by atoms with Gasteiger partial charge in [0.15, 0.2) is 5.17 Å². The molecule has 2 N–H and O–H groups in total. The minimum absolute atomic E-state index is 0.00326. The maximum absolute atomic E-state index is 15.2. The highest BCUT2D eigenvalue weighted by atomic mass is 32.2. The lowest BCUT2D eigenvalue weighted by Crippen LogP contribution is -2.49. The molecule has 5 rings (SSSR count). The highest BCUT2D eigenvalue weighted by molar-refractivity contribution is 8.15. The Balaban J connectivity index is 1.41. The molecule has 3 atom stereocenters. The Hall–Kier alpha value is -3.46. The molecule has 204 valence electrons. The molecule has 1 aliphatic carbocycles. The fourth-order valence-electron chi connectivity index (χ4n) is 5.57. The second-order valence-corrected chi connectivity index (χ2v) is 11.6. The molecule has 1 aromatic heterocycles. The summed E-state index contributed by atoms with van der Waals surface area (Å²) in [5, 5.41) is 8.98. The largest absolute Gasteiger partial charge is 0.391 e. The minimum Gasteiger partial charge on any atom is -0.378 e. The smallest absolute Gasteiger partial charge is 0.378 e. The van der Waals surface area contributed by atoms with Gasteiger partial charge >= 0.3 is 6.18 Å². The van der Waals surface area contributed by atoms with Gasteiger partial charge in [0.25, 0.3) is 0 Å². The zero-order chi connectivity index (χ0) is 28.2. The third-order valence-corrected chi connectivity index (χ3v) is 9.08. The number of aliphatic imine (C=N–C) groups is 1. The molecule has 6 nitrogen and oxygen atoms in total. The van der Waals surface area contributed by atoms with Crippen molar-refractivity contribution < 1.29 is 26.7 Å². The van der Waals surface area contributed by atoms with Crippen LogP contribution in [0.5, 0.6) is 0 Å². The molecular weight excluding hydrogens is 537 g/mol. The molecule has 2 aliphatic heterocycles. The maximum Gasteiger partial charge on any atom is 0.391 e. The highest BCUT2D eigenvalue weighted by Gasteiger charge is 2.71. The molecule has 2 aromatic rings. The predicted octanol–water partition coefficient (Wildman–Crippen LogP) is 5.40. The number of halogens is 5. The Bertz CT molecular complexity index is 1410. The van der Waals surface area contributed by atoms with Crippen LogP contribution in [0.1, 0.15) is 48.6 Å². The number of thioether (sulfide) groups is 1. The van der Waals surface area contributed by atoms with Gasteiger partial charge in [-0.25, -0.2) is 8.78 Å². The van der Waals surface area contributed by atoms with Gasteiger partial charge in [-0.3, -0.25) is 14.8 Å². The molecule has 2 fully saturated rings. The number of pyridine rings is 1. The molecule has 1 aromatic carbocycles. The molecule has 1 saturated carbocycles. The summed E-state index contributed by atoms with van der Waals surface area (Å²) in [7, 11) is 0. The van der Waals surface area contributed by atoms with E-state index in [1.54, 1.807) is 6.92 Å². The van der Waals surface area contributed by atoms with E-state index in [1.165, 1.54) is 47.5 Å². The number of amides is 1. The van der Waals surface area contributed by atoms with Crippen molar-refractivity contribution in [2.24, 2.45) is 22.6 Å². The van der Waals surface area contributed by atoms with Crippen LogP contribution in [0.25, 0.3) is 11.9 Å². The van der Waals surface area contributed by atoms with Crippen LogP contribution in [0.3, 0.4) is 0 Å². The number of hydrogen-bond acceptors (Lipinski definition) is 6. The van der Waals surface area contributed by atoms with Crippen molar-refractivity contribution in [1.82, 2.24) is 9.88 Å². The Morgan fingerprint density at radius 2 is 1.97 bits per heavy atom. The molecule has 1 saturated heterocycles. The molecule has 0 spiro atoms. The number of carbonyl (C=O) groups excluding carboxylic acids is 1. The van der Waals surface area contributed by atoms with Crippen LogP contribution in [0.15, 0.2) is 41.5 Å². The molecular formula is C27H24F5N5OS. The number of amidine groups is 1. The maximum atomic E-state index is 15.2. The molecule has 12 heteroatoms. The number of fused-ring (bicyclic) bond motifs is 1. The van der Waals surface area contributed by atoms with Gasteiger partial charge in [-0.05, 0) is 62.1 Å². The number of aromatic nitrogens is 1. The second-order valence-electron chi connectivity index (χ2n) is 10.2. The Labute approximate surface area is 225 Å². The first-order chi connectivity index (χ1) is 18.4. The van der Waals surface area contributed by atoms with Crippen molar-refractivity contribution in [3.63, 3.8) is 0 Å². The van der Waals surface area contributed by atoms with E-state index in [9.17, 15) is 22.4 Å². The number of nitriles is 1. The lowest BCUT2D eigenvalue weighted by molar-refractivity contribution is -0.186. The molecule has 1 amide bonds. The normalized spacial score (nSPS) is 27.4. The number of hydrogen-bond donors (Lipinski definition) is 1. The van der Waals surface area contributed by atoms with Gasteiger partial charge in [0.2, 0.25) is 5.91 Å². The molecule has 3 aliphatic rings. The number of alkyl halides is 3. The van der Waals surface area contributed by atoms with Crippen molar-refractivity contribution in [3.05, 3.63) is 64.7 Å². The molecule has 0 unspecified atom stereocenters. The van der Waals surface area contributed by atoms with E-state index in [0.29, 0.717) is 12.0 Å². The number of piperidine rings is 1. The first kappa shape index (κ1) is 27.1. The van der Waals surface area contributed by atoms with E-state index in [0.717, 1.165) is 11.8 Å². The first-order valence-corrected chi connectivity index (χ1v) is 13.1. The SMILES string of the molecule is C[C@]1(c2cc(C=C(F)c3ccc(C#N)cn3)ccc2F)N=C(N)S[C@@]2(C(=O)N3CCC(C(F)(F)F)CC3)C[C@H]21. The van der Waals surface area contributed by atoms with Gasteiger partial charge in [0, 0.05) is 30.8 Å². The first-order valence-electron chi connectivity index (χ1n) is 12.3. The van der Waals surface area contributed by atoms with Crippen LogP contribution in [-0.2, 0) is 10.3 Å². The van der Waals surface area contributed by atoms with Crippen LogP contribution in [0.4, 0.5) is 22.0 Å². The van der Waals surface area contributed by atoms with Crippen LogP contribution in [0, 0.1) is 29.0 Å². The number of rotatable bonds is 4. The van der Waals surface area contributed by atoms with Gasteiger partial charge < -0.3 is 10.6 Å². The van der Waals surface area contributed by atoms with Crippen molar-refractivity contribution in [2.45, 2.75) is 42.6 Å². The van der Waals surface area contributed by atoms with Gasteiger partial charge in [0.1, 0.15) is 22.5 Å². The third-order valence-electron chi connectivity index (χ3n) is 7.79. The number of benzene rings is 1. The van der Waals surface area contributed by atoms with Gasteiger partial charge in [-0.15, -0.1) is 0 Å². The van der Waals surface area contributed by atoms with E-state index < -0.39 is 39.9 Å². The number of nitrogens with zero attached hydrogens (tertiary/aromatic N) is 4. The predicted molar refractivity (Wildman–Crippen MR) is 137 cm³/mol. The third kappa shape index (κ3) is 4.88. The van der Waals surface area contributed by atoms with E-state index in [-0.39, 0.29) is 53.8 Å². The lowest BCUT2D eigenvalue weighted by Gasteiger charge is -2.38. The topological polar surface area (TPSA) is 95.4 Å². The Morgan fingerprint density at radius 1 is 1.26 bits per heavy atom. The van der Waals surface area contributed by atoms with Gasteiger partial charge in [0.05, 0.1) is 22.7 Å². The van der Waals surface area contributed by atoms with Crippen LogP contribution in [-0.4, -0.2) is 45.0 Å². The Kier molecular flexibility index (Phi) is 6.69. The molecule has 0 radical (unpaired) electrons. The summed E-state index contributed by atoms with van der Waals surface area (Å²) in [5.74, 6) is -3.49. The van der Waals surface area contributed by atoms with Crippen molar-refractivity contribution in [2.75, 3.05) is 13.1 Å². The van der Waals surface area contributed by atoms with E-state index >= 15 is 4.39 Å². The average Bonchev–Trinajstić information content (AvgIpc) is 3.65. The van der Waals surface area contributed by atoms with E-state index in [4.69, 9.17) is 11.0 Å². The fourth-order valence-corrected chi connectivity index (χ4v) is 7.02. The van der Waals surface area contributed by atoms with Crippen LogP contribution in [0.2, 0.25) is 0 Å². The molecule has 0 bridgehead atoms. The molecule has 39 heavy (non-hydrogen) atoms. The second kappa shape index (κ2) is 9.62. The summed E-state index contributed by atoms with van der Waals surface area (Å²) in [5.41, 5.74) is 5.64. The average molecular weight is 562 g/mol. The number of carbonyl (C=O) groups is 1. The fraction of sp³-hybridized carbons (Fsp3) is 0.407. The number of likely N-dealkylation sites (tertiary alicyclic amines) is 1. The summed E-state index contributed by atoms with van der Waals surface area (Å²) in [4.78, 5) is 23.5. The van der Waals surface area contributed by atoms with Crippen molar-refractivity contribution in [1.29, 1.82) is 5.26 Å². The standard InChI is InChI=1S/C27H24F5N5OS/c1-25(18-10-15(2-4-19(18)28)11-20(29)21-5-3-16(13-33)14-35-21)22-12-26(22,39-24(34)36-25)23(38)37-8-6-17(7-9-37)27(30,31)32/h2-5,10-11,14,17,22H,6-9,12H2,1H3,(H2,34,36)/t22-,25+,26-/m0/s1. The van der Waals surface area contributed by atoms with Gasteiger partial charge in [-0.2, -0.15) is 18.4 Å². The van der Waals surface area contributed by atoms with E-state index in [1.807, 2.05) is 6.07 Å². The lowest BCUT2D eigenvalue weighted by atomic mass is 9.84. The summed E-state index contributed by atoms with van der Waals surface area (Å²) in [6.07, 6.45) is -1.86.